The van der Waals surface area contributed by atoms with Crippen molar-refractivity contribution in [2.75, 3.05) is 0 Å². The van der Waals surface area contributed by atoms with Gasteiger partial charge in [-0.25, -0.2) is 0 Å². The summed E-state index contributed by atoms with van der Waals surface area (Å²) in [6.45, 7) is 6.25. The summed E-state index contributed by atoms with van der Waals surface area (Å²) in [6.07, 6.45) is 67.8. The lowest BCUT2D eigenvalue weighted by Crippen LogP contribution is -1.85. The maximum atomic E-state index is 3.94. The lowest BCUT2D eigenvalue weighted by molar-refractivity contribution is 0.508. The molecule has 0 N–H and O–H groups in total. The molecule has 0 saturated carbocycles. The third kappa shape index (κ3) is 46.0. The van der Waals surface area contributed by atoms with Crippen LogP contribution in [0.1, 0.15) is 302 Å². The second kappa shape index (κ2) is 47.0. The van der Waals surface area contributed by atoms with Crippen molar-refractivity contribution in [3.8, 4) is 0 Å². The van der Waals surface area contributed by atoms with E-state index in [1.54, 1.807) is 0 Å². The van der Waals surface area contributed by atoms with Gasteiger partial charge in [0.15, 0.2) is 0 Å². The lowest BCUT2D eigenvalue weighted by Gasteiger charge is -2.05. The van der Waals surface area contributed by atoms with E-state index in [4.69, 9.17) is 0 Å². The van der Waals surface area contributed by atoms with Crippen LogP contribution in [0.15, 0.2) is 0 Å². The van der Waals surface area contributed by atoms with Gasteiger partial charge in [-0.05, 0) is 0 Å². The Bertz CT molecular complexity index is 462. The van der Waals surface area contributed by atoms with E-state index in [9.17, 15) is 0 Å². The summed E-state index contributed by atoms with van der Waals surface area (Å²) in [5, 5.41) is 0. The Kier molecular flexibility index (Phi) is 47.0. The van der Waals surface area contributed by atoms with E-state index in [1.165, 1.54) is 289 Å². The zero-order valence-corrected chi connectivity index (χ0v) is 34.2. The molecular formula is C48H97. The molecule has 0 heteroatoms. The quantitative estimate of drug-likeness (QED) is 0.0564. The smallest absolute Gasteiger partial charge is 0.0533 e. The summed E-state index contributed by atoms with van der Waals surface area (Å²) < 4.78 is 0. The Morgan fingerprint density at radius 2 is 0.271 bits per heavy atom. The lowest BCUT2D eigenvalue weighted by atomic mass is 10.0. The third-order valence-electron chi connectivity index (χ3n) is 11.4. The van der Waals surface area contributed by atoms with E-state index in [-0.39, 0.29) is 0 Å². The average Bonchev–Trinajstić information content (AvgIpc) is 3.10. The van der Waals surface area contributed by atoms with E-state index >= 15 is 0 Å². The van der Waals surface area contributed by atoms with Gasteiger partial charge in [0.25, 0.3) is 0 Å². The summed E-state index contributed by atoms with van der Waals surface area (Å²) in [6, 6.07) is 0. The molecule has 0 amide bonds. The Hall–Kier alpha value is 0. The van der Waals surface area contributed by atoms with Crippen LogP contribution in [0.25, 0.3) is 0 Å². The molecule has 0 rings (SSSR count). The van der Waals surface area contributed by atoms with E-state index in [0.29, 0.717) is 0 Å². The normalized spacial score (nSPS) is 11.6. The van der Waals surface area contributed by atoms with Crippen LogP contribution in [0.2, 0.25) is 0 Å². The van der Waals surface area contributed by atoms with Gasteiger partial charge in [0.1, 0.15) is 0 Å². The van der Waals surface area contributed by atoms with Gasteiger partial charge in [-0.2, -0.15) is 0 Å². The van der Waals surface area contributed by atoms with Gasteiger partial charge < -0.3 is 0 Å². The van der Waals surface area contributed by atoms with Crippen molar-refractivity contribution in [1.29, 1.82) is 0 Å². The van der Waals surface area contributed by atoms with Gasteiger partial charge in [-0.1, -0.05) is 309 Å². The Labute approximate surface area is 308 Å². The molecule has 0 heterocycles. The van der Waals surface area contributed by atoms with Crippen LogP contribution in [0.5, 0.6) is 0 Å². The molecule has 0 bridgehead atoms. The number of hydrogen-bond donors (Lipinski definition) is 0. The first kappa shape index (κ1) is 48.0. The molecule has 0 saturated heterocycles. The number of unbranched alkanes of at least 4 members (excludes halogenated alkanes) is 45. The summed E-state index contributed by atoms with van der Waals surface area (Å²) in [4.78, 5) is 0. The van der Waals surface area contributed by atoms with Gasteiger partial charge in [0.05, 0.1) is 0 Å². The standard InChI is InChI=1S/C48H97/c1-3-5-7-9-11-13-15-17-19-21-23-25-27-29-31-33-35-37-39-41-43-45-47-48-46-44-42-40-38-36-34-32-30-28-26-24-22-20-18-16-14-12-10-8-6-4-2/h1,3-48H2,2H3. The maximum absolute atomic E-state index is 3.94. The molecule has 0 atom stereocenters. The van der Waals surface area contributed by atoms with E-state index in [1.807, 2.05) is 0 Å². The highest BCUT2D eigenvalue weighted by molar-refractivity contribution is 4.54. The first-order chi connectivity index (χ1) is 23.9. The van der Waals surface area contributed by atoms with Gasteiger partial charge in [-0.15, -0.1) is 0 Å². The van der Waals surface area contributed by atoms with Crippen molar-refractivity contribution >= 4 is 0 Å². The second-order valence-electron chi connectivity index (χ2n) is 16.4. The van der Waals surface area contributed by atoms with Crippen LogP contribution in [0, 0.1) is 6.92 Å². The highest BCUT2D eigenvalue weighted by Gasteiger charge is 1.98. The molecule has 0 aliphatic rings. The third-order valence-corrected chi connectivity index (χ3v) is 11.4. The molecule has 0 aromatic carbocycles. The summed E-state index contributed by atoms with van der Waals surface area (Å²) in [5.41, 5.74) is 0. The van der Waals surface area contributed by atoms with Crippen LogP contribution in [-0.2, 0) is 0 Å². The van der Waals surface area contributed by atoms with Crippen molar-refractivity contribution in [1.82, 2.24) is 0 Å². The van der Waals surface area contributed by atoms with E-state index in [0.717, 1.165) is 6.42 Å². The molecule has 0 fully saturated rings. The molecule has 48 heavy (non-hydrogen) atoms. The maximum Gasteiger partial charge on any atom is -0.0533 e. The highest BCUT2D eigenvalue weighted by Crippen LogP contribution is 2.18. The molecule has 0 nitrogen and oxygen atoms in total. The van der Waals surface area contributed by atoms with Gasteiger partial charge in [-0.3, -0.25) is 0 Å². The fourth-order valence-electron chi connectivity index (χ4n) is 7.85. The fourth-order valence-corrected chi connectivity index (χ4v) is 7.85. The highest BCUT2D eigenvalue weighted by atomic mass is 14.0. The van der Waals surface area contributed by atoms with Crippen molar-refractivity contribution < 1.29 is 0 Å². The molecule has 0 spiro atoms. The van der Waals surface area contributed by atoms with Crippen LogP contribution in [0.4, 0.5) is 0 Å². The van der Waals surface area contributed by atoms with E-state index in [2.05, 4.69) is 13.8 Å². The molecule has 289 valence electrons. The van der Waals surface area contributed by atoms with Crippen molar-refractivity contribution in [3.63, 3.8) is 0 Å². The molecule has 0 aromatic rings. The van der Waals surface area contributed by atoms with Crippen molar-refractivity contribution in [2.24, 2.45) is 0 Å². The molecule has 1 radical (unpaired) electrons. The zero-order chi connectivity index (χ0) is 34.5. The molecule has 0 aromatic heterocycles. The molecule has 0 aliphatic heterocycles. The van der Waals surface area contributed by atoms with Crippen LogP contribution >= 0.6 is 0 Å². The Morgan fingerprint density at radius 3 is 0.375 bits per heavy atom. The van der Waals surface area contributed by atoms with Gasteiger partial charge in [0, 0.05) is 0 Å². The largest absolute Gasteiger partial charge is 0.0654 e. The topological polar surface area (TPSA) is 0 Å². The van der Waals surface area contributed by atoms with Gasteiger partial charge in [0.2, 0.25) is 0 Å². The monoisotopic (exact) mass is 674 g/mol. The van der Waals surface area contributed by atoms with Crippen LogP contribution < -0.4 is 0 Å². The zero-order valence-electron chi connectivity index (χ0n) is 34.2. The predicted octanol–water partition coefficient (Wildman–Crippen LogP) is 18.8. The summed E-state index contributed by atoms with van der Waals surface area (Å²) >= 11 is 0. The average molecular weight is 674 g/mol. The summed E-state index contributed by atoms with van der Waals surface area (Å²) in [7, 11) is 0. The minimum Gasteiger partial charge on any atom is -0.0654 e. The predicted molar refractivity (Wildman–Crippen MR) is 223 cm³/mol. The van der Waals surface area contributed by atoms with Crippen LogP contribution in [-0.4, -0.2) is 0 Å². The van der Waals surface area contributed by atoms with Crippen LogP contribution in [0.3, 0.4) is 0 Å². The number of hydrogen-bond acceptors (Lipinski definition) is 0. The SMILES string of the molecule is [CH2]CCCCCCCCCCCCCCCCCCCCCCCCCCCCCCCCCCCCCCCCCCCCCCC. The molecule has 0 unspecified atom stereocenters. The fraction of sp³-hybridized carbons (Fsp3) is 0.979. The first-order valence-corrected chi connectivity index (χ1v) is 23.7. The summed E-state index contributed by atoms with van der Waals surface area (Å²) in [5.74, 6) is 0. The Morgan fingerprint density at radius 1 is 0.167 bits per heavy atom. The minimum atomic E-state index is 1.12. The molecule has 0 aliphatic carbocycles. The van der Waals surface area contributed by atoms with Gasteiger partial charge >= 0.3 is 0 Å². The van der Waals surface area contributed by atoms with E-state index < -0.39 is 0 Å². The number of rotatable bonds is 45. The Balaban J connectivity index is 3.04. The minimum absolute atomic E-state index is 1.12. The first-order valence-electron chi connectivity index (χ1n) is 23.7. The van der Waals surface area contributed by atoms with Crippen molar-refractivity contribution in [3.05, 3.63) is 6.92 Å². The molecular weight excluding hydrogens is 577 g/mol. The van der Waals surface area contributed by atoms with Crippen molar-refractivity contribution in [2.45, 2.75) is 302 Å². The second-order valence-corrected chi connectivity index (χ2v) is 16.4.